The Morgan fingerprint density at radius 1 is 1.16 bits per heavy atom. The number of nitrogens with two attached hydrogens (primary N) is 1. The van der Waals surface area contributed by atoms with Crippen molar-refractivity contribution >= 4 is 40.2 Å². The molecule has 0 aliphatic carbocycles. The van der Waals surface area contributed by atoms with E-state index in [0.29, 0.717) is 19.5 Å². The maximum Gasteiger partial charge on any atom is 0.246 e. The number of carbonyl (C=O) groups is 3. The van der Waals surface area contributed by atoms with Gasteiger partial charge in [-0.25, -0.2) is 12.7 Å². The molecule has 3 aliphatic rings. The zero-order valence-electron chi connectivity index (χ0n) is 18.3. The number of primary amides is 1. The topological polar surface area (TPSA) is 121 Å². The second-order valence-electron chi connectivity index (χ2n) is 8.92. The molecule has 0 spiro atoms. The Hall–Kier alpha value is -1.65. The van der Waals surface area contributed by atoms with E-state index in [1.54, 1.807) is 11.0 Å². The molecule has 3 heterocycles. The van der Waals surface area contributed by atoms with Gasteiger partial charge in [0, 0.05) is 25.1 Å². The Kier molecular flexibility index (Phi) is 8.15. The lowest BCUT2D eigenvalue weighted by molar-refractivity contribution is -0.131. The Bertz CT molecular complexity index is 839. The summed E-state index contributed by atoms with van der Waals surface area (Å²) < 4.78 is 25.4. The van der Waals surface area contributed by atoms with E-state index in [1.807, 2.05) is 13.8 Å². The van der Waals surface area contributed by atoms with Crippen LogP contribution in [0.4, 0.5) is 0 Å². The molecular weight excluding hydrogens is 444 g/mol. The quantitative estimate of drug-likeness (QED) is 0.547. The zero-order valence-corrected chi connectivity index (χ0v) is 19.9. The maximum absolute atomic E-state index is 12.9. The van der Waals surface area contributed by atoms with Crippen molar-refractivity contribution in [3.8, 4) is 0 Å². The summed E-state index contributed by atoms with van der Waals surface area (Å²) >= 11 is 0. The average Bonchev–Trinajstić information content (AvgIpc) is 3.17. The highest BCUT2D eigenvalue weighted by Crippen LogP contribution is 2.41. The monoisotopic (exact) mass is 476 g/mol. The number of sulfonamides is 1. The van der Waals surface area contributed by atoms with Crippen LogP contribution in [0.5, 0.6) is 0 Å². The number of fused-ring (bicyclic) bond motifs is 1. The summed E-state index contributed by atoms with van der Waals surface area (Å²) in [5.74, 6) is -1.50. The molecule has 3 amide bonds. The molecule has 3 rings (SSSR count). The largest absolute Gasteiger partial charge is 0.369 e. The molecule has 2 N–H and O–H groups in total. The first-order valence-corrected chi connectivity index (χ1v) is 12.4. The van der Waals surface area contributed by atoms with Gasteiger partial charge in [-0.15, -0.1) is 12.4 Å². The molecule has 31 heavy (non-hydrogen) atoms. The third-order valence-electron chi connectivity index (χ3n) is 6.56. The van der Waals surface area contributed by atoms with E-state index >= 15 is 0 Å². The molecule has 11 heteroatoms. The van der Waals surface area contributed by atoms with Crippen LogP contribution < -0.4 is 5.73 Å². The number of amides is 3. The molecule has 0 aromatic heterocycles. The van der Waals surface area contributed by atoms with Gasteiger partial charge in [0.05, 0.1) is 24.3 Å². The molecule has 0 unspecified atom stereocenters. The minimum absolute atomic E-state index is 0. The Morgan fingerprint density at radius 3 is 2.29 bits per heavy atom. The van der Waals surface area contributed by atoms with Crippen LogP contribution in [0.1, 0.15) is 33.1 Å². The summed E-state index contributed by atoms with van der Waals surface area (Å²) in [5.41, 5.74) is 5.36. The van der Waals surface area contributed by atoms with Gasteiger partial charge >= 0.3 is 0 Å². The number of carbonyl (C=O) groups excluding carboxylic acids is 3. The van der Waals surface area contributed by atoms with Crippen molar-refractivity contribution in [2.75, 3.05) is 32.4 Å². The molecule has 0 bridgehead atoms. The number of rotatable bonds is 6. The van der Waals surface area contributed by atoms with Crippen molar-refractivity contribution in [3.63, 3.8) is 0 Å². The van der Waals surface area contributed by atoms with E-state index in [0.717, 1.165) is 36.5 Å². The molecular formula is C20H33ClN4O5S. The average molecular weight is 477 g/mol. The molecule has 0 saturated carbocycles. The van der Waals surface area contributed by atoms with Crippen LogP contribution in [0.2, 0.25) is 0 Å². The molecule has 3 aliphatic heterocycles. The van der Waals surface area contributed by atoms with Crippen molar-refractivity contribution in [3.05, 3.63) is 12.2 Å². The predicted molar refractivity (Wildman–Crippen MR) is 119 cm³/mol. The lowest BCUT2D eigenvalue weighted by Gasteiger charge is -2.30. The fourth-order valence-electron chi connectivity index (χ4n) is 5.09. The van der Waals surface area contributed by atoms with Crippen LogP contribution in [-0.2, 0) is 24.4 Å². The number of piperidine rings is 1. The molecule has 176 valence electrons. The summed E-state index contributed by atoms with van der Waals surface area (Å²) in [6.07, 6.45) is 6.30. The molecule has 3 saturated heterocycles. The Morgan fingerprint density at radius 2 is 1.77 bits per heavy atom. The zero-order chi connectivity index (χ0) is 22.2. The summed E-state index contributed by atoms with van der Waals surface area (Å²) in [6.45, 7) is 6.32. The van der Waals surface area contributed by atoms with Crippen molar-refractivity contribution in [2.45, 2.75) is 45.2 Å². The number of hydrogen-bond donors (Lipinski definition) is 1. The van der Waals surface area contributed by atoms with E-state index in [9.17, 15) is 22.8 Å². The number of hydrogen-bond acceptors (Lipinski definition) is 6. The second kappa shape index (κ2) is 9.87. The highest BCUT2D eigenvalue weighted by Gasteiger charge is 2.58. The number of likely N-dealkylation sites (tertiary alicyclic amines) is 2. The van der Waals surface area contributed by atoms with Gasteiger partial charge in [-0.3, -0.25) is 19.3 Å². The molecule has 0 aromatic rings. The molecule has 0 aromatic carbocycles. The SMILES string of the molecule is CC(C)[C@H]1C(=O)N(S(C)(=O)=O)[C@H]2CCN(C(=O)/C=C/CN3CCC(C(N)=O)CC3)[C@H]12.Cl. The lowest BCUT2D eigenvalue weighted by atomic mass is 9.88. The van der Waals surface area contributed by atoms with Crippen LogP contribution in [0, 0.1) is 17.8 Å². The van der Waals surface area contributed by atoms with Crippen molar-refractivity contribution < 1.29 is 22.8 Å². The van der Waals surface area contributed by atoms with Crippen LogP contribution in [0.25, 0.3) is 0 Å². The van der Waals surface area contributed by atoms with Gasteiger partial charge in [0.1, 0.15) is 0 Å². The highest BCUT2D eigenvalue weighted by atomic mass is 35.5. The van der Waals surface area contributed by atoms with E-state index in [4.69, 9.17) is 5.73 Å². The second-order valence-corrected chi connectivity index (χ2v) is 10.8. The minimum atomic E-state index is -3.68. The first-order valence-electron chi connectivity index (χ1n) is 10.5. The third-order valence-corrected chi connectivity index (χ3v) is 7.73. The molecule has 3 atom stereocenters. The van der Waals surface area contributed by atoms with Crippen LogP contribution in [-0.4, -0.2) is 84.8 Å². The first-order chi connectivity index (χ1) is 14.0. The molecule has 9 nitrogen and oxygen atoms in total. The van der Waals surface area contributed by atoms with Crippen molar-refractivity contribution in [2.24, 2.45) is 23.5 Å². The summed E-state index contributed by atoms with van der Waals surface area (Å²) in [7, 11) is -3.68. The summed E-state index contributed by atoms with van der Waals surface area (Å²) in [5, 5.41) is 0. The normalized spacial score (nSPS) is 27.7. The van der Waals surface area contributed by atoms with Gasteiger partial charge < -0.3 is 10.6 Å². The highest BCUT2D eigenvalue weighted by molar-refractivity contribution is 7.88. The third kappa shape index (κ3) is 5.23. The number of halogens is 1. The maximum atomic E-state index is 12.9. The fraction of sp³-hybridized carbons (Fsp3) is 0.750. The summed E-state index contributed by atoms with van der Waals surface area (Å²) in [4.78, 5) is 40.8. The first kappa shape index (κ1) is 25.6. The van der Waals surface area contributed by atoms with Gasteiger partial charge in [-0.2, -0.15) is 0 Å². The van der Waals surface area contributed by atoms with Crippen LogP contribution >= 0.6 is 12.4 Å². The van der Waals surface area contributed by atoms with E-state index in [-0.39, 0.29) is 36.1 Å². The molecule has 3 fully saturated rings. The van der Waals surface area contributed by atoms with E-state index < -0.39 is 33.9 Å². The van der Waals surface area contributed by atoms with Gasteiger partial charge in [0.15, 0.2) is 0 Å². The van der Waals surface area contributed by atoms with E-state index in [2.05, 4.69) is 4.90 Å². The van der Waals surface area contributed by atoms with Crippen LogP contribution in [0.15, 0.2) is 12.2 Å². The Labute approximate surface area is 190 Å². The lowest BCUT2D eigenvalue weighted by Crippen LogP contribution is -2.43. The smallest absolute Gasteiger partial charge is 0.246 e. The molecule has 0 radical (unpaired) electrons. The van der Waals surface area contributed by atoms with Crippen molar-refractivity contribution in [1.29, 1.82) is 0 Å². The number of nitrogens with zero attached hydrogens (tertiary/aromatic N) is 3. The fourth-order valence-corrected chi connectivity index (χ4v) is 6.26. The predicted octanol–water partition coefficient (Wildman–Crippen LogP) is 0.205. The van der Waals surface area contributed by atoms with Crippen LogP contribution in [0.3, 0.4) is 0 Å². The van der Waals surface area contributed by atoms with Crippen molar-refractivity contribution in [1.82, 2.24) is 14.1 Å². The van der Waals surface area contributed by atoms with Gasteiger partial charge in [-0.05, 0) is 38.3 Å². The van der Waals surface area contributed by atoms with Gasteiger partial charge in [0.2, 0.25) is 27.7 Å². The van der Waals surface area contributed by atoms with E-state index in [1.165, 1.54) is 6.08 Å². The summed E-state index contributed by atoms with van der Waals surface area (Å²) in [6, 6.07) is -0.902. The Balaban J connectivity index is 0.00000341. The standard InChI is InChI=1S/C20H32N4O5S.ClH/c1-13(2)17-18-15(24(20(17)27)30(3,28)29)8-12-23(18)16(25)5-4-9-22-10-6-14(7-11-22)19(21)26;/h4-5,13-15,17-18H,6-12H2,1-3H3,(H2,21,26);1H/b5-4+;/t15-,17+,18-;/m0./s1. The minimum Gasteiger partial charge on any atom is -0.369 e. The van der Waals surface area contributed by atoms with Gasteiger partial charge in [-0.1, -0.05) is 19.9 Å². The van der Waals surface area contributed by atoms with Gasteiger partial charge in [0.25, 0.3) is 0 Å².